The summed E-state index contributed by atoms with van der Waals surface area (Å²) in [4.78, 5) is 0. The molecule has 0 aromatic heterocycles. The quantitative estimate of drug-likeness (QED) is 0.905. The smallest absolute Gasteiger partial charge is 0.166 e. The van der Waals surface area contributed by atoms with E-state index in [1.54, 1.807) is 19.1 Å². The van der Waals surface area contributed by atoms with Crippen molar-refractivity contribution in [1.29, 1.82) is 0 Å². The van der Waals surface area contributed by atoms with Crippen LogP contribution >= 0.6 is 0 Å². The Labute approximate surface area is 110 Å². The van der Waals surface area contributed by atoms with Gasteiger partial charge in [0, 0.05) is 6.04 Å². The van der Waals surface area contributed by atoms with Crippen LogP contribution in [-0.2, 0) is 0 Å². The van der Waals surface area contributed by atoms with Gasteiger partial charge in [-0.3, -0.25) is 0 Å². The minimum absolute atomic E-state index is 0.00690. The van der Waals surface area contributed by atoms with Crippen molar-refractivity contribution in [2.45, 2.75) is 19.9 Å². The topological polar surface area (TPSA) is 35.2 Å². The van der Waals surface area contributed by atoms with Crippen molar-refractivity contribution in [3.05, 3.63) is 59.2 Å². The Bertz CT molecular complexity index is 597. The Kier molecular flexibility index (Phi) is 3.81. The Morgan fingerprint density at radius 1 is 1.00 bits per heavy atom. The van der Waals surface area contributed by atoms with E-state index in [1.807, 2.05) is 6.92 Å². The molecule has 0 amide bonds. The number of nitrogens with two attached hydrogens (primary N) is 1. The maximum atomic E-state index is 13.8. The average Bonchev–Trinajstić information content (AvgIpc) is 2.36. The summed E-state index contributed by atoms with van der Waals surface area (Å²) in [7, 11) is 0. The standard InChI is InChI=1S/C15H15F2NO/c1-9-3-5-12(16)15(7-9)19-14-6-4-11(10(2)18)8-13(14)17/h3-8,10H,18H2,1-2H3. The van der Waals surface area contributed by atoms with Crippen molar-refractivity contribution in [2.24, 2.45) is 5.73 Å². The maximum absolute atomic E-state index is 13.8. The number of ether oxygens (including phenoxy) is 1. The lowest BCUT2D eigenvalue weighted by Gasteiger charge is -2.11. The monoisotopic (exact) mass is 263 g/mol. The molecule has 0 heterocycles. The third kappa shape index (κ3) is 3.09. The number of hydrogen-bond acceptors (Lipinski definition) is 2. The molecule has 2 aromatic rings. The van der Waals surface area contributed by atoms with Crippen molar-refractivity contribution in [1.82, 2.24) is 0 Å². The van der Waals surface area contributed by atoms with Crippen LogP contribution in [0.5, 0.6) is 11.5 Å². The molecule has 0 aliphatic rings. The number of aryl methyl sites for hydroxylation is 1. The van der Waals surface area contributed by atoms with Crippen LogP contribution in [0.15, 0.2) is 36.4 Å². The highest BCUT2D eigenvalue weighted by molar-refractivity contribution is 5.37. The van der Waals surface area contributed by atoms with Crippen molar-refractivity contribution >= 4 is 0 Å². The van der Waals surface area contributed by atoms with Crippen molar-refractivity contribution in [3.63, 3.8) is 0 Å². The van der Waals surface area contributed by atoms with Gasteiger partial charge in [0.25, 0.3) is 0 Å². The normalized spacial score (nSPS) is 12.3. The van der Waals surface area contributed by atoms with Crippen LogP contribution in [0, 0.1) is 18.6 Å². The van der Waals surface area contributed by atoms with Crippen molar-refractivity contribution in [2.75, 3.05) is 0 Å². The summed E-state index contributed by atoms with van der Waals surface area (Å²) < 4.78 is 32.6. The molecule has 0 aliphatic carbocycles. The zero-order chi connectivity index (χ0) is 14.0. The third-order valence-corrected chi connectivity index (χ3v) is 2.79. The van der Waals surface area contributed by atoms with Gasteiger partial charge in [0.2, 0.25) is 0 Å². The van der Waals surface area contributed by atoms with Gasteiger partial charge in [-0.25, -0.2) is 8.78 Å². The summed E-state index contributed by atoms with van der Waals surface area (Å²) in [6.07, 6.45) is 0. The molecule has 19 heavy (non-hydrogen) atoms. The molecular weight excluding hydrogens is 248 g/mol. The van der Waals surface area contributed by atoms with Gasteiger partial charge in [0.1, 0.15) is 0 Å². The first-order chi connectivity index (χ1) is 8.97. The summed E-state index contributed by atoms with van der Waals surface area (Å²) >= 11 is 0. The summed E-state index contributed by atoms with van der Waals surface area (Å²) in [6.45, 7) is 3.57. The Morgan fingerprint density at radius 2 is 1.74 bits per heavy atom. The second kappa shape index (κ2) is 5.36. The second-order valence-corrected chi connectivity index (χ2v) is 4.51. The van der Waals surface area contributed by atoms with E-state index in [1.165, 1.54) is 24.3 Å². The number of hydrogen-bond donors (Lipinski definition) is 1. The highest BCUT2D eigenvalue weighted by Gasteiger charge is 2.11. The number of halogens is 2. The van der Waals surface area contributed by atoms with Gasteiger partial charge >= 0.3 is 0 Å². The van der Waals surface area contributed by atoms with Crippen LogP contribution in [0.1, 0.15) is 24.1 Å². The summed E-state index contributed by atoms with van der Waals surface area (Å²) in [5.74, 6) is -1.10. The molecule has 0 radical (unpaired) electrons. The molecule has 0 saturated carbocycles. The molecule has 1 unspecified atom stereocenters. The molecule has 100 valence electrons. The zero-order valence-electron chi connectivity index (χ0n) is 10.8. The molecule has 2 N–H and O–H groups in total. The van der Waals surface area contributed by atoms with Gasteiger partial charge in [-0.15, -0.1) is 0 Å². The van der Waals surface area contributed by atoms with Gasteiger partial charge in [0.05, 0.1) is 0 Å². The minimum Gasteiger partial charge on any atom is -0.451 e. The fourth-order valence-corrected chi connectivity index (χ4v) is 1.69. The van der Waals surface area contributed by atoms with Crippen molar-refractivity contribution < 1.29 is 13.5 Å². The average molecular weight is 263 g/mol. The summed E-state index contributed by atoms with van der Waals surface area (Å²) in [5.41, 5.74) is 7.16. The first-order valence-corrected chi connectivity index (χ1v) is 5.96. The van der Waals surface area contributed by atoms with E-state index in [0.29, 0.717) is 5.56 Å². The highest BCUT2D eigenvalue weighted by Crippen LogP contribution is 2.28. The predicted molar refractivity (Wildman–Crippen MR) is 70.2 cm³/mol. The van der Waals surface area contributed by atoms with E-state index in [0.717, 1.165) is 5.56 Å². The number of benzene rings is 2. The molecule has 0 aliphatic heterocycles. The molecule has 4 heteroatoms. The van der Waals surface area contributed by atoms with Crippen LogP contribution in [0.2, 0.25) is 0 Å². The Balaban J connectivity index is 2.31. The first-order valence-electron chi connectivity index (χ1n) is 5.96. The van der Waals surface area contributed by atoms with Crippen LogP contribution in [0.4, 0.5) is 8.78 Å². The zero-order valence-corrected chi connectivity index (χ0v) is 10.8. The summed E-state index contributed by atoms with van der Waals surface area (Å²) in [5, 5.41) is 0. The Morgan fingerprint density at radius 3 is 2.37 bits per heavy atom. The van der Waals surface area contributed by atoms with E-state index in [9.17, 15) is 8.78 Å². The highest BCUT2D eigenvalue weighted by atomic mass is 19.1. The molecule has 2 rings (SSSR count). The SMILES string of the molecule is Cc1ccc(F)c(Oc2ccc(C(C)N)cc2F)c1. The largest absolute Gasteiger partial charge is 0.451 e. The molecular formula is C15H15F2NO. The molecule has 2 aromatic carbocycles. The van der Waals surface area contributed by atoms with Gasteiger partial charge in [-0.1, -0.05) is 12.1 Å². The van der Waals surface area contributed by atoms with Gasteiger partial charge in [0.15, 0.2) is 23.1 Å². The number of rotatable bonds is 3. The van der Waals surface area contributed by atoms with Gasteiger partial charge < -0.3 is 10.5 Å². The van der Waals surface area contributed by atoms with Crippen LogP contribution in [-0.4, -0.2) is 0 Å². The molecule has 0 fully saturated rings. The van der Waals surface area contributed by atoms with Crippen molar-refractivity contribution in [3.8, 4) is 11.5 Å². The Hall–Kier alpha value is -1.94. The van der Waals surface area contributed by atoms with Crippen LogP contribution in [0.25, 0.3) is 0 Å². The van der Waals surface area contributed by atoms with Gasteiger partial charge in [-0.2, -0.15) is 0 Å². The fourth-order valence-electron chi connectivity index (χ4n) is 1.69. The fraction of sp³-hybridized carbons (Fsp3) is 0.200. The first kappa shape index (κ1) is 13.5. The van der Waals surface area contributed by atoms with E-state index in [4.69, 9.17) is 10.5 Å². The van der Waals surface area contributed by atoms with Crippen LogP contribution in [0.3, 0.4) is 0 Å². The van der Waals surface area contributed by atoms with E-state index in [-0.39, 0.29) is 17.5 Å². The lowest BCUT2D eigenvalue weighted by Crippen LogP contribution is -2.05. The van der Waals surface area contributed by atoms with Crippen LogP contribution < -0.4 is 10.5 Å². The van der Waals surface area contributed by atoms with E-state index < -0.39 is 11.6 Å². The molecule has 1 atom stereocenters. The lowest BCUT2D eigenvalue weighted by atomic mass is 10.1. The van der Waals surface area contributed by atoms with E-state index >= 15 is 0 Å². The van der Waals surface area contributed by atoms with Gasteiger partial charge in [-0.05, 0) is 49.2 Å². The molecule has 0 saturated heterocycles. The maximum Gasteiger partial charge on any atom is 0.166 e. The van der Waals surface area contributed by atoms with E-state index in [2.05, 4.69) is 0 Å². The molecule has 0 spiro atoms. The predicted octanol–water partition coefficient (Wildman–Crippen LogP) is 4.09. The minimum atomic E-state index is -0.560. The molecule has 0 bridgehead atoms. The lowest BCUT2D eigenvalue weighted by molar-refractivity contribution is 0.413. The summed E-state index contributed by atoms with van der Waals surface area (Å²) in [6, 6.07) is 8.59. The molecule has 2 nitrogen and oxygen atoms in total. The second-order valence-electron chi connectivity index (χ2n) is 4.51. The third-order valence-electron chi connectivity index (χ3n) is 2.79.